The summed E-state index contributed by atoms with van der Waals surface area (Å²) in [5.74, 6) is 0. The number of benzene rings is 2. The van der Waals surface area contributed by atoms with Crippen LogP contribution in [-0.4, -0.2) is 12.2 Å². The lowest BCUT2D eigenvalue weighted by Crippen LogP contribution is -2.28. The van der Waals surface area contributed by atoms with E-state index >= 15 is 0 Å². The van der Waals surface area contributed by atoms with Crippen LogP contribution in [0, 0.1) is 6.92 Å². The van der Waals surface area contributed by atoms with Gasteiger partial charge in [-0.15, -0.1) is 0 Å². The summed E-state index contributed by atoms with van der Waals surface area (Å²) in [6, 6.07) is 18.0. The first kappa shape index (κ1) is 15.7. The highest BCUT2D eigenvalue weighted by atomic mass is 16.5. The molecule has 3 rings (SSSR count). The number of methoxy groups -OCH3 is 1. The first-order valence-corrected chi connectivity index (χ1v) is 7.90. The minimum Gasteiger partial charge on any atom is -0.384 e. The van der Waals surface area contributed by atoms with Gasteiger partial charge in [0.1, 0.15) is 11.7 Å². The van der Waals surface area contributed by atoms with E-state index in [4.69, 9.17) is 4.74 Å². The molecule has 0 saturated heterocycles. The van der Waals surface area contributed by atoms with Crippen LogP contribution in [0.15, 0.2) is 78.4 Å². The molecule has 0 spiro atoms. The van der Waals surface area contributed by atoms with Crippen molar-refractivity contribution in [3.8, 4) is 0 Å². The van der Waals surface area contributed by atoms with E-state index in [1.54, 1.807) is 7.11 Å². The molecule has 2 nitrogen and oxygen atoms in total. The van der Waals surface area contributed by atoms with Crippen molar-refractivity contribution in [3.63, 3.8) is 0 Å². The van der Waals surface area contributed by atoms with Gasteiger partial charge in [-0.1, -0.05) is 66.7 Å². The molecule has 2 aromatic carbocycles. The highest BCUT2D eigenvalue weighted by Crippen LogP contribution is 2.38. The van der Waals surface area contributed by atoms with Gasteiger partial charge in [0.05, 0.1) is 0 Å². The van der Waals surface area contributed by atoms with Crippen LogP contribution < -0.4 is 0 Å². The van der Waals surface area contributed by atoms with Gasteiger partial charge >= 0.3 is 0 Å². The van der Waals surface area contributed by atoms with Crippen molar-refractivity contribution >= 4 is 0 Å². The molecule has 0 saturated carbocycles. The molecule has 0 radical (unpaired) electrons. The summed E-state index contributed by atoms with van der Waals surface area (Å²) in [6.07, 6.45) is 6.24. The maximum atomic E-state index is 10.6. The number of hydrogen-bond donors (Lipinski definition) is 1. The second-order valence-corrected chi connectivity index (χ2v) is 5.96. The van der Waals surface area contributed by atoms with Crippen molar-refractivity contribution in [2.45, 2.75) is 25.0 Å². The summed E-state index contributed by atoms with van der Waals surface area (Å²) in [6.45, 7) is 2.10. The molecule has 0 heterocycles. The van der Waals surface area contributed by atoms with Crippen LogP contribution in [0.5, 0.6) is 0 Å². The topological polar surface area (TPSA) is 29.5 Å². The summed E-state index contributed by atoms with van der Waals surface area (Å²) < 4.78 is 5.87. The molecule has 0 fully saturated rings. The van der Waals surface area contributed by atoms with Crippen LogP contribution in [0.4, 0.5) is 0 Å². The van der Waals surface area contributed by atoms with Crippen LogP contribution in [0.1, 0.15) is 29.2 Å². The van der Waals surface area contributed by atoms with Crippen LogP contribution >= 0.6 is 0 Å². The molecule has 1 N–H and O–H groups in total. The van der Waals surface area contributed by atoms with Gasteiger partial charge in [-0.3, -0.25) is 0 Å². The van der Waals surface area contributed by atoms with E-state index in [0.717, 1.165) is 11.1 Å². The van der Waals surface area contributed by atoms with Crippen molar-refractivity contribution in [1.82, 2.24) is 0 Å². The van der Waals surface area contributed by atoms with E-state index in [0.29, 0.717) is 6.42 Å². The van der Waals surface area contributed by atoms with Crippen molar-refractivity contribution < 1.29 is 9.84 Å². The predicted molar refractivity (Wildman–Crippen MR) is 93.1 cm³/mol. The Morgan fingerprint density at radius 1 is 1.04 bits per heavy atom. The molecule has 2 aromatic rings. The van der Waals surface area contributed by atoms with E-state index in [1.807, 2.05) is 48.5 Å². The summed E-state index contributed by atoms with van der Waals surface area (Å²) in [7, 11) is 1.74. The third-order valence-corrected chi connectivity index (χ3v) is 4.58. The molecule has 0 bridgehead atoms. The van der Waals surface area contributed by atoms with Crippen molar-refractivity contribution in [1.29, 1.82) is 0 Å². The summed E-state index contributed by atoms with van der Waals surface area (Å²) in [5.41, 5.74) is 3.75. The lowest BCUT2D eigenvalue weighted by atomic mass is 9.81. The summed E-state index contributed by atoms with van der Waals surface area (Å²) in [5, 5.41) is 10.6. The molecule has 23 heavy (non-hydrogen) atoms. The molecule has 2 heteroatoms. The monoisotopic (exact) mass is 306 g/mol. The highest BCUT2D eigenvalue weighted by Gasteiger charge is 2.32. The summed E-state index contributed by atoms with van der Waals surface area (Å²) in [4.78, 5) is 0. The number of rotatable bonds is 4. The Morgan fingerprint density at radius 3 is 2.35 bits per heavy atom. The fraction of sp³-hybridized carbons (Fsp3) is 0.238. The maximum absolute atomic E-state index is 10.6. The zero-order valence-electron chi connectivity index (χ0n) is 13.6. The molecule has 2 unspecified atom stereocenters. The minimum atomic E-state index is -0.598. The smallest absolute Gasteiger partial charge is 0.115 e. The third kappa shape index (κ3) is 3.00. The van der Waals surface area contributed by atoms with Gasteiger partial charge in [0.15, 0.2) is 0 Å². The molecule has 1 aliphatic rings. The zero-order chi connectivity index (χ0) is 16.3. The normalized spacial score (nSPS) is 21.8. The Bertz CT molecular complexity index is 731. The Labute approximate surface area is 137 Å². The van der Waals surface area contributed by atoms with Gasteiger partial charge in [0, 0.05) is 13.5 Å². The second-order valence-electron chi connectivity index (χ2n) is 5.96. The standard InChI is InChI=1S/C21H22O2/c1-16-8-6-7-11-19(16)21(23-2)14-12-18(13-15-21)20(22)17-9-4-3-5-10-17/h3-14,20,22H,15H2,1-2H3. The molecule has 2 atom stereocenters. The average Bonchev–Trinajstić information content (AvgIpc) is 2.62. The summed E-state index contributed by atoms with van der Waals surface area (Å²) >= 11 is 0. The first-order valence-electron chi connectivity index (χ1n) is 7.90. The van der Waals surface area contributed by atoms with Gasteiger partial charge < -0.3 is 9.84 Å². The fourth-order valence-corrected chi connectivity index (χ4v) is 3.18. The van der Waals surface area contributed by atoms with Crippen LogP contribution in [0.25, 0.3) is 0 Å². The SMILES string of the molecule is COC1(c2ccccc2C)C=CC(C(O)c2ccccc2)=CC1. The molecular formula is C21H22O2. The Hall–Kier alpha value is -2.16. The van der Waals surface area contributed by atoms with E-state index in [2.05, 4.69) is 31.2 Å². The average molecular weight is 306 g/mol. The molecular weight excluding hydrogens is 284 g/mol. The predicted octanol–water partition coefficient (Wildman–Crippen LogP) is 4.46. The largest absolute Gasteiger partial charge is 0.384 e. The van der Waals surface area contributed by atoms with Gasteiger partial charge in [-0.2, -0.15) is 0 Å². The van der Waals surface area contributed by atoms with E-state index in [1.165, 1.54) is 11.1 Å². The number of aliphatic hydroxyl groups excluding tert-OH is 1. The van der Waals surface area contributed by atoms with Crippen molar-refractivity contribution in [3.05, 3.63) is 95.1 Å². The van der Waals surface area contributed by atoms with Gasteiger partial charge in [0.25, 0.3) is 0 Å². The number of aliphatic hydroxyl groups is 1. The van der Waals surface area contributed by atoms with E-state index in [9.17, 15) is 5.11 Å². The van der Waals surface area contributed by atoms with Crippen LogP contribution in [0.3, 0.4) is 0 Å². The van der Waals surface area contributed by atoms with E-state index < -0.39 is 11.7 Å². The Morgan fingerprint density at radius 2 is 1.74 bits per heavy atom. The van der Waals surface area contributed by atoms with Gasteiger partial charge in [0.2, 0.25) is 0 Å². The Kier molecular flexibility index (Phi) is 4.46. The van der Waals surface area contributed by atoms with Crippen LogP contribution in [-0.2, 0) is 10.3 Å². The van der Waals surface area contributed by atoms with Crippen molar-refractivity contribution in [2.75, 3.05) is 7.11 Å². The highest BCUT2D eigenvalue weighted by molar-refractivity contribution is 5.42. The second kappa shape index (κ2) is 6.53. The molecule has 0 amide bonds. The minimum absolute atomic E-state index is 0.453. The molecule has 1 aliphatic carbocycles. The molecule has 118 valence electrons. The number of hydrogen-bond acceptors (Lipinski definition) is 2. The zero-order valence-corrected chi connectivity index (χ0v) is 13.6. The Balaban J connectivity index is 1.88. The molecule has 0 aliphatic heterocycles. The lowest BCUT2D eigenvalue weighted by Gasteiger charge is -2.33. The molecule has 0 aromatic heterocycles. The number of aryl methyl sites for hydroxylation is 1. The lowest BCUT2D eigenvalue weighted by molar-refractivity contribution is 0.0292. The quantitative estimate of drug-likeness (QED) is 0.904. The first-order chi connectivity index (χ1) is 11.2. The third-order valence-electron chi connectivity index (χ3n) is 4.58. The van der Waals surface area contributed by atoms with Crippen LogP contribution in [0.2, 0.25) is 0 Å². The number of ether oxygens (including phenoxy) is 1. The van der Waals surface area contributed by atoms with E-state index in [-0.39, 0.29) is 0 Å². The van der Waals surface area contributed by atoms with Crippen molar-refractivity contribution in [2.24, 2.45) is 0 Å². The maximum Gasteiger partial charge on any atom is 0.115 e. The van der Waals surface area contributed by atoms with Gasteiger partial charge in [-0.05, 0) is 35.3 Å². The fourth-order valence-electron chi connectivity index (χ4n) is 3.18. The van der Waals surface area contributed by atoms with Gasteiger partial charge in [-0.25, -0.2) is 0 Å².